The summed E-state index contributed by atoms with van der Waals surface area (Å²) >= 11 is 0. The third-order valence-electron chi connectivity index (χ3n) is 3.69. The van der Waals surface area contributed by atoms with Gasteiger partial charge in [0, 0.05) is 18.7 Å². The highest BCUT2D eigenvalue weighted by atomic mass is 16.5. The van der Waals surface area contributed by atoms with Gasteiger partial charge in [-0.15, -0.1) is 0 Å². The minimum Gasteiger partial charge on any atom is -0.476 e. The Morgan fingerprint density at radius 3 is 2.65 bits per heavy atom. The highest BCUT2D eigenvalue weighted by molar-refractivity contribution is 5.82. The molecule has 2 aliphatic rings. The Morgan fingerprint density at radius 1 is 1.17 bits per heavy atom. The highest BCUT2D eigenvalue weighted by Crippen LogP contribution is 2.24. The molecule has 9 nitrogen and oxygen atoms in total. The van der Waals surface area contributed by atoms with Crippen LogP contribution >= 0.6 is 0 Å². The van der Waals surface area contributed by atoms with Crippen molar-refractivity contribution < 1.29 is 24.2 Å². The van der Waals surface area contributed by atoms with Gasteiger partial charge in [-0.3, -0.25) is 5.32 Å². The van der Waals surface area contributed by atoms with Crippen molar-refractivity contribution in [1.82, 2.24) is 14.8 Å². The van der Waals surface area contributed by atoms with E-state index in [9.17, 15) is 9.59 Å². The minimum atomic E-state index is -1.16. The molecule has 3 amide bonds. The highest BCUT2D eigenvalue weighted by Gasteiger charge is 2.26. The van der Waals surface area contributed by atoms with Crippen LogP contribution in [0.25, 0.3) is 0 Å². The lowest BCUT2D eigenvalue weighted by atomic mass is 10.2. The van der Waals surface area contributed by atoms with Crippen molar-refractivity contribution in [2.45, 2.75) is 6.54 Å². The minimum absolute atomic E-state index is 0.0682. The predicted molar refractivity (Wildman–Crippen MR) is 79.6 cm³/mol. The maximum absolute atomic E-state index is 12.6. The zero-order chi connectivity index (χ0) is 16.2. The van der Waals surface area contributed by atoms with Crippen molar-refractivity contribution in [3.8, 4) is 5.88 Å². The number of carbonyl (C=O) groups is 2. The Bertz CT molecular complexity index is 603. The number of fused-ring (bicyclic) bond motifs is 1. The molecule has 0 atom stereocenters. The number of anilines is 1. The Balaban J connectivity index is 1.75. The SMILES string of the molecule is O=C(O)Nc1cnc2c(c1)CN(C(=O)N1CCOCC1)CCO2. The van der Waals surface area contributed by atoms with E-state index in [1.165, 1.54) is 6.20 Å². The number of morpholine rings is 1. The molecule has 0 aromatic carbocycles. The fraction of sp³-hybridized carbons (Fsp3) is 0.500. The van der Waals surface area contributed by atoms with Gasteiger partial charge >= 0.3 is 12.1 Å². The van der Waals surface area contributed by atoms with E-state index in [1.54, 1.807) is 15.9 Å². The van der Waals surface area contributed by atoms with E-state index < -0.39 is 6.09 Å². The van der Waals surface area contributed by atoms with Gasteiger partial charge in [0.25, 0.3) is 0 Å². The van der Waals surface area contributed by atoms with Crippen LogP contribution in [-0.4, -0.2) is 71.5 Å². The average molecular weight is 322 g/mol. The summed E-state index contributed by atoms with van der Waals surface area (Å²) in [6.45, 7) is 3.36. The second-order valence-electron chi connectivity index (χ2n) is 5.27. The first-order valence-corrected chi connectivity index (χ1v) is 7.37. The van der Waals surface area contributed by atoms with Gasteiger partial charge < -0.3 is 24.4 Å². The molecule has 1 fully saturated rings. The monoisotopic (exact) mass is 322 g/mol. The van der Waals surface area contributed by atoms with E-state index >= 15 is 0 Å². The number of hydrogen-bond acceptors (Lipinski definition) is 5. The molecule has 3 heterocycles. The Hall–Kier alpha value is -2.55. The van der Waals surface area contributed by atoms with Crippen LogP contribution in [-0.2, 0) is 11.3 Å². The van der Waals surface area contributed by atoms with Crippen LogP contribution in [0.1, 0.15) is 5.56 Å². The molecule has 3 rings (SSSR count). The Labute approximate surface area is 132 Å². The van der Waals surface area contributed by atoms with Crippen LogP contribution in [0.15, 0.2) is 12.3 Å². The van der Waals surface area contributed by atoms with E-state index in [-0.39, 0.29) is 6.03 Å². The van der Waals surface area contributed by atoms with Crippen LogP contribution < -0.4 is 10.1 Å². The summed E-state index contributed by atoms with van der Waals surface area (Å²) in [6, 6.07) is 1.57. The maximum Gasteiger partial charge on any atom is 0.409 e. The second-order valence-corrected chi connectivity index (χ2v) is 5.27. The van der Waals surface area contributed by atoms with E-state index in [4.69, 9.17) is 14.6 Å². The number of nitrogens with one attached hydrogen (secondary N) is 1. The fourth-order valence-electron chi connectivity index (χ4n) is 2.59. The first-order valence-electron chi connectivity index (χ1n) is 7.37. The summed E-state index contributed by atoms with van der Waals surface area (Å²) in [7, 11) is 0. The van der Waals surface area contributed by atoms with Crippen molar-refractivity contribution in [3.05, 3.63) is 17.8 Å². The number of rotatable bonds is 1. The summed E-state index contributed by atoms with van der Waals surface area (Å²) in [5, 5.41) is 11.0. The number of urea groups is 1. The topological polar surface area (TPSA) is 104 Å². The maximum atomic E-state index is 12.6. The first kappa shape index (κ1) is 15.3. The number of carbonyl (C=O) groups excluding carboxylic acids is 1. The smallest absolute Gasteiger partial charge is 0.409 e. The lowest BCUT2D eigenvalue weighted by Crippen LogP contribution is -2.48. The zero-order valence-corrected chi connectivity index (χ0v) is 12.5. The van der Waals surface area contributed by atoms with Gasteiger partial charge in [-0.1, -0.05) is 0 Å². The molecule has 0 saturated carbocycles. The number of nitrogens with zero attached hydrogens (tertiary/aromatic N) is 3. The van der Waals surface area contributed by atoms with Gasteiger partial charge in [-0.25, -0.2) is 14.6 Å². The summed E-state index contributed by atoms with van der Waals surface area (Å²) in [5.41, 5.74) is 1.02. The zero-order valence-electron chi connectivity index (χ0n) is 12.5. The van der Waals surface area contributed by atoms with Crippen LogP contribution in [0.3, 0.4) is 0 Å². The molecule has 0 unspecified atom stereocenters. The van der Waals surface area contributed by atoms with Gasteiger partial charge in [-0.05, 0) is 6.07 Å². The molecule has 23 heavy (non-hydrogen) atoms. The van der Waals surface area contributed by atoms with Gasteiger partial charge in [0.05, 0.1) is 38.2 Å². The molecule has 2 N–H and O–H groups in total. The van der Waals surface area contributed by atoms with Crippen LogP contribution in [0.2, 0.25) is 0 Å². The second kappa shape index (κ2) is 6.69. The molecular weight excluding hydrogens is 304 g/mol. The number of carboxylic acid groups (broad SMARTS) is 1. The fourth-order valence-corrected chi connectivity index (χ4v) is 2.59. The van der Waals surface area contributed by atoms with Crippen molar-refractivity contribution in [3.63, 3.8) is 0 Å². The number of pyridine rings is 1. The van der Waals surface area contributed by atoms with Gasteiger partial charge in [0.15, 0.2) is 0 Å². The number of ether oxygens (including phenoxy) is 2. The van der Waals surface area contributed by atoms with Gasteiger partial charge in [0.2, 0.25) is 5.88 Å². The van der Waals surface area contributed by atoms with Crippen molar-refractivity contribution >= 4 is 17.8 Å². The van der Waals surface area contributed by atoms with Crippen molar-refractivity contribution in [1.29, 1.82) is 0 Å². The predicted octanol–water partition coefficient (Wildman–Crippen LogP) is 0.818. The molecule has 1 aromatic rings. The van der Waals surface area contributed by atoms with Gasteiger partial charge in [0.1, 0.15) is 6.61 Å². The molecule has 0 radical (unpaired) electrons. The summed E-state index contributed by atoms with van der Waals surface area (Å²) in [4.78, 5) is 30.9. The molecule has 0 aliphatic carbocycles. The first-order chi connectivity index (χ1) is 11.1. The Morgan fingerprint density at radius 2 is 1.91 bits per heavy atom. The number of aromatic nitrogens is 1. The molecule has 1 saturated heterocycles. The van der Waals surface area contributed by atoms with E-state index in [2.05, 4.69) is 10.3 Å². The van der Waals surface area contributed by atoms with E-state index in [1.807, 2.05) is 0 Å². The number of hydrogen-bond donors (Lipinski definition) is 2. The van der Waals surface area contributed by atoms with E-state index in [0.29, 0.717) is 63.1 Å². The average Bonchev–Trinajstić information content (AvgIpc) is 2.76. The molecule has 0 bridgehead atoms. The van der Waals surface area contributed by atoms with Crippen LogP contribution in [0, 0.1) is 0 Å². The molecule has 124 valence electrons. The third-order valence-corrected chi connectivity index (χ3v) is 3.69. The largest absolute Gasteiger partial charge is 0.476 e. The molecule has 2 aliphatic heterocycles. The lowest BCUT2D eigenvalue weighted by molar-refractivity contribution is 0.0422. The Kier molecular flexibility index (Phi) is 4.47. The molecule has 0 spiro atoms. The third kappa shape index (κ3) is 3.62. The standard InChI is InChI=1S/C14H18N4O5/c19-13(20)16-11-7-10-9-18(3-6-23-12(10)15-8-11)14(21)17-1-4-22-5-2-17/h7-8,16H,1-6,9H2,(H,19,20). The summed E-state index contributed by atoms with van der Waals surface area (Å²) in [5.74, 6) is 0.429. The van der Waals surface area contributed by atoms with Gasteiger partial charge in [-0.2, -0.15) is 0 Å². The molecular formula is C14H18N4O5. The van der Waals surface area contributed by atoms with Crippen LogP contribution in [0.4, 0.5) is 15.3 Å². The quantitative estimate of drug-likeness (QED) is 0.793. The van der Waals surface area contributed by atoms with Crippen molar-refractivity contribution in [2.24, 2.45) is 0 Å². The molecule has 9 heteroatoms. The summed E-state index contributed by atoms with van der Waals surface area (Å²) in [6.07, 6.45) is 0.231. The normalized spacial score (nSPS) is 17.7. The van der Waals surface area contributed by atoms with Crippen molar-refractivity contribution in [2.75, 3.05) is 44.8 Å². The molecule has 1 aromatic heterocycles. The summed E-state index contributed by atoms with van der Waals surface area (Å²) < 4.78 is 10.8. The lowest BCUT2D eigenvalue weighted by Gasteiger charge is -2.32. The van der Waals surface area contributed by atoms with E-state index in [0.717, 1.165) is 0 Å². The van der Waals surface area contributed by atoms with Crippen LogP contribution in [0.5, 0.6) is 5.88 Å². The number of amides is 3.